The number of hydrogen-bond donors (Lipinski definition) is 6. The second kappa shape index (κ2) is 45.3. The molecule has 27 nitrogen and oxygen atoms in total. The van der Waals surface area contributed by atoms with E-state index in [2.05, 4.69) is 95.9 Å². The highest BCUT2D eigenvalue weighted by molar-refractivity contribution is 8.08. The Morgan fingerprint density at radius 3 is 1.20 bits per heavy atom. The molecule has 0 spiro atoms. The van der Waals surface area contributed by atoms with Gasteiger partial charge in [0.2, 0.25) is 17.7 Å². The number of amides is 5. The van der Waals surface area contributed by atoms with Crippen LogP contribution in [-0.4, -0.2) is 195 Å². The highest BCUT2D eigenvalue weighted by Gasteiger charge is 2.45. The van der Waals surface area contributed by atoms with Gasteiger partial charge in [0, 0.05) is 126 Å². The van der Waals surface area contributed by atoms with E-state index >= 15 is 0 Å². The largest absolute Gasteiger partial charge is 0.481 e. The van der Waals surface area contributed by atoms with Gasteiger partial charge in [-0.15, -0.1) is 0 Å². The molecule has 6 atom stereocenters. The fourth-order valence-corrected chi connectivity index (χ4v) is 17.6. The number of fused-ring (bicyclic) bond motifs is 8. The van der Waals surface area contributed by atoms with Crippen LogP contribution >= 0.6 is 17.1 Å². The average Bonchev–Trinajstić information content (AvgIpc) is 1.61. The van der Waals surface area contributed by atoms with Crippen LogP contribution in [0.2, 0.25) is 36.3 Å². The summed E-state index contributed by atoms with van der Waals surface area (Å²) in [5.41, 5.74) is 18.5. The van der Waals surface area contributed by atoms with Crippen LogP contribution in [-0.2, 0) is 87.4 Å². The van der Waals surface area contributed by atoms with Crippen molar-refractivity contribution in [2.45, 2.75) is 193 Å². The Bertz CT molecular complexity index is 4960. The Morgan fingerprint density at radius 1 is 0.500 bits per heavy atom. The van der Waals surface area contributed by atoms with E-state index in [-0.39, 0.29) is 104 Å². The normalized spacial score (nSPS) is 13.8. The van der Waals surface area contributed by atoms with Crippen molar-refractivity contribution in [2.75, 3.05) is 67.6 Å². The van der Waals surface area contributed by atoms with E-state index in [0.29, 0.717) is 52.0 Å². The molecule has 6 aromatic carbocycles. The van der Waals surface area contributed by atoms with Crippen LogP contribution in [0.25, 0.3) is 44.1 Å². The molecule has 0 saturated carbocycles. The lowest BCUT2D eigenvalue weighted by Crippen LogP contribution is -2.52. The summed E-state index contributed by atoms with van der Waals surface area (Å²) < 4.78 is 46.2. The van der Waals surface area contributed by atoms with Crippen molar-refractivity contribution in [3.05, 3.63) is 191 Å². The number of rotatable bonds is 40. The number of para-hydroxylation sites is 2. The lowest BCUT2D eigenvalue weighted by molar-refractivity contribution is -0.139. The minimum atomic E-state index is -2.47. The van der Waals surface area contributed by atoms with Crippen LogP contribution in [0.4, 0.5) is 13.8 Å². The van der Waals surface area contributed by atoms with Gasteiger partial charge in [0.05, 0.1) is 32.4 Å². The second-order valence-corrected chi connectivity index (χ2v) is 46.0. The van der Waals surface area contributed by atoms with E-state index in [0.717, 1.165) is 55.4 Å². The maximum absolute atomic E-state index is 13.4. The maximum Gasteiger partial charge on any atom is 0.424 e. The molecule has 2 aliphatic carbocycles. The highest BCUT2D eigenvalue weighted by atomic mass is 32.0. The number of carboxylic acids is 2. The number of aliphatic carboxylic acids is 2. The van der Waals surface area contributed by atoms with E-state index in [1.807, 2.05) is 178 Å². The number of aromatic nitrogens is 2. The first-order chi connectivity index (χ1) is 58.5. The molecule has 0 fully saturated rings. The summed E-state index contributed by atoms with van der Waals surface area (Å²) in [5.74, 6) is -5.38. The number of nitrogens with one attached hydrogen (secondary N) is 3. The smallest absolute Gasteiger partial charge is 0.424 e. The number of carboxylic acid groups (broad SMARTS) is 2. The molecule has 124 heavy (non-hydrogen) atoms. The van der Waals surface area contributed by atoms with Crippen molar-refractivity contribution in [1.82, 2.24) is 45.1 Å². The van der Waals surface area contributed by atoms with Crippen molar-refractivity contribution in [2.24, 2.45) is 17.6 Å². The Labute approximate surface area is 733 Å². The zero-order valence-electron chi connectivity index (χ0n) is 74.4. The number of halogens is 1. The van der Waals surface area contributed by atoms with Crippen LogP contribution in [0.3, 0.4) is 0 Å². The first-order valence-corrected chi connectivity index (χ1v) is 50.7. The van der Waals surface area contributed by atoms with E-state index in [1.165, 1.54) is 32.3 Å². The molecule has 7 N–H and O–H groups in total. The fraction of sp³-hybridized carbons (Fsp3) is 0.457. The molecule has 5 amide bonds. The molecule has 10 rings (SSSR count). The number of carbonyl (C=O) groups excluding carboxylic acids is 8. The topological polar surface area (TPSA) is 342 Å². The summed E-state index contributed by atoms with van der Waals surface area (Å²) in [6.45, 7) is 26.3. The van der Waals surface area contributed by atoms with Gasteiger partial charge in [0.25, 0.3) is 8.15 Å². The molecule has 670 valence electrons. The molecular formula is C92H125FN10O17P2Si2. The highest BCUT2D eigenvalue weighted by Crippen LogP contribution is 2.49. The Balaban J connectivity index is 0.000000254. The van der Waals surface area contributed by atoms with E-state index < -0.39 is 90.7 Å². The molecule has 0 saturated heterocycles. The lowest BCUT2D eigenvalue weighted by atomic mass is 9.95. The molecule has 2 heterocycles. The summed E-state index contributed by atoms with van der Waals surface area (Å²) in [6, 6.07) is 52.8. The van der Waals surface area contributed by atoms with Gasteiger partial charge in [-0.25, -0.2) is 29.6 Å². The zero-order chi connectivity index (χ0) is 91.1. The predicted octanol–water partition coefficient (Wildman–Crippen LogP) is 16.1. The standard InChI is InChI=1S/C46H61N5O8Si.C29H30FN3O4P2.C17H34N2O5Si/c1-31(43(44(56)48-26-23-42(54)55)59-60(7,8)46(2,3)4)40(52)22-15-25-47-41(53)24-27-51-33(28-32-16-9-14-21-39(32)51)29-49(5)50(6)45(57)58-30-38-36-19-12-10-17-34(36)35-18-11-13-20-37(35)38;1-31(18-21-17-20-9-3-8-14-27(20)33(21)16-15-28(34)37-39(30)38)32(2)29(35)36-19-26-24-12-6-4-10-22(24)23-11-5-7-13-25(23)26;1-12(13(20)8-7-10-18)15(16(23)19-11-9-14(21)22)24-25(5,6)17(2,3)4/h9-14,16-21,28,31,38,43H,15,22-27,29-30H2,1-8H3,(H,47,53)(H,48,56)(H,54,55);3-14,17,26H,15-16,18-19,38H2,1-2H3;12,15H,7-11,18H2,1-6H3,(H,19,23)(H,21,22)/t31-,43-;;12-,15-/m0.0/s1. The van der Waals surface area contributed by atoms with Crippen LogP contribution in [0.1, 0.15) is 152 Å². The van der Waals surface area contributed by atoms with Gasteiger partial charge in [-0.3, -0.25) is 38.4 Å². The summed E-state index contributed by atoms with van der Waals surface area (Å²) in [7, 11) is 1.78. The van der Waals surface area contributed by atoms with Crippen LogP contribution in [0, 0.1) is 11.8 Å². The third-order valence-corrected chi connectivity index (χ3v) is 33.4. The first-order valence-electron chi connectivity index (χ1n) is 42.1. The van der Waals surface area contributed by atoms with Gasteiger partial charge in [0.15, 0.2) is 16.6 Å². The molecule has 2 aliphatic rings. The van der Waals surface area contributed by atoms with Gasteiger partial charge in [-0.05, 0) is 144 Å². The number of benzene rings is 6. The molecule has 8 aromatic rings. The van der Waals surface area contributed by atoms with Crippen molar-refractivity contribution in [3.63, 3.8) is 0 Å². The van der Waals surface area contributed by atoms with Crippen LogP contribution in [0.5, 0.6) is 0 Å². The zero-order valence-corrected chi connectivity index (χ0v) is 78.4. The van der Waals surface area contributed by atoms with Gasteiger partial charge >= 0.3 is 30.1 Å². The molecule has 0 bridgehead atoms. The van der Waals surface area contributed by atoms with Gasteiger partial charge < -0.3 is 63.9 Å². The number of hydrazine groups is 2. The SMILES string of the molecule is CN(Cc1cc2ccccc2n1CCC(=O)OP(F)P)N(C)C(=O)OCC1c2ccccc2-c2ccccc21.C[C@@H](C(=O)CCCN)[C@H](O[Si](C)(C)C(C)(C)C)C(=O)NCCC(=O)O.C[C@@H](C(=O)CCCNC(=O)CCn1c(CN(C)N(C)C(=O)OCC2c3ccccc3-c3ccccc32)cc2ccccc21)[C@H](O[Si](C)(C)C(C)(C)C)C(=O)NCCC(=O)O. The second-order valence-electron chi connectivity index (χ2n) is 34.5. The number of nitrogens with zero attached hydrogens (tertiary/aromatic N) is 6. The predicted molar refractivity (Wildman–Crippen MR) is 489 cm³/mol. The Morgan fingerprint density at radius 2 is 0.847 bits per heavy atom. The molecule has 0 aliphatic heterocycles. The minimum absolute atomic E-state index is 0.00917. The number of nitrogens with two attached hydrogens (primary N) is 1. The molecule has 0 radical (unpaired) electrons. The average molecular weight is 1780 g/mol. The van der Waals surface area contributed by atoms with E-state index in [9.17, 15) is 52.1 Å². The third kappa shape index (κ3) is 26.8. The number of hydrogen-bond acceptors (Lipinski definition) is 18. The van der Waals surface area contributed by atoms with E-state index in [4.69, 9.17) is 38.8 Å². The Kier molecular flexibility index (Phi) is 36.4. The monoisotopic (exact) mass is 1780 g/mol. The minimum Gasteiger partial charge on any atom is -0.481 e. The van der Waals surface area contributed by atoms with Crippen LogP contribution in [0.15, 0.2) is 158 Å². The number of carbonyl (C=O) groups is 10. The van der Waals surface area contributed by atoms with Gasteiger partial charge in [-0.1, -0.05) is 189 Å². The van der Waals surface area contributed by atoms with Crippen molar-refractivity contribution in [3.8, 4) is 22.3 Å². The number of aryl methyl sites for hydroxylation is 2. The Hall–Kier alpha value is -9.88. The molecular weight excluding hydrogens is 1650 g/mol. The van der Waals surface area contributed by atoms with Crippen molar-refractivity contribution in [1.29, 1.82) is 0 Å². The van der Waals surface area contributed by atoms with Gasteiger partial charge in [-0.2, -0.15) is 4.20 Å². The van der Waals surface area contributed by atoms with Crippen LogP contribution < -0.4 is 21.7 Å². The quantitative estimate of drug-likeness (QED) is 0.00899. The third-order valence-electron chi connectivity index (χ3n) is 23.8. The summed E-state index contributed by atoms with van der Waals surface area (Å²) in [4.78, 5) is 125. The van der Waals surface area contributed by atoms with Gasteiger partial charge in [0.1, 0.15) is 37.0 Å². The maximum atomic E-state index is 13.4. The summed E-state index contributed by atoms with van der Waals surface area (Å²) in [5, 5.41) is 34.1. The fourth-order valence-electron chi connectivity index (χ4n) is 14.4. The van der Waals surface area contributed by atoms with Crippen molar-refractivity contribution >= 4 is 115 Å². The lowest BCUT2D eigenvalue weighted by Gasteiger charge is -2.40. The van der Waals surface area contributed by atoms with Crippen molar-refractivity contribution < 1.29 is 85.2 Å². The first kappa shape index (κ1) is 99.5. The molecule has 32 heteroatoms. The number of ether oxygens (including phenoxy) is 2. The number of ketones is 2. The van der Waals surface area contributed by atoms with E-state index in [1.54, 1.807) is 38.0 Å². The molecule has 2 unspecified atom stereocenters. The summed E-state index contributed by atoms with van der Waals surface area (Å²) in [6.07, 6.45) is -1.68. The number of Topliss-reactive ketones (excluding diaryl/α,β-unsaturated/α-hetero) is 2. The summed E-state index contributed by atoms with van der Waals surface area (Å²) >= 11 is 0. The molecule has 2 aromatic heterocycles.